The van der Waals surface area contributed by atoms with Gasteiger partial charge in [0.25, 0.3) is 0 Å². The lowest BCUT2D eigenvalue weighted by atomic mass is 9.38. The van der Waals surface area contributed by atoms with Crippen LogP contribution in [0.1, 0.15) is 92.4 Å². The number of hydrogen-bond donors (Lipinski definition) is 2. The molecule has 9 atom stereocenters. The van der Waals surface area contributed by atoms with E-state index in [-0.39, 0.29) is 24.0 Å². The number of hydrogen-bond acceptors (Lipinski definition) is 3. The van der Waals surface area contributed by atoms with Crippen LogP contribution in [0, 0.1) is 51.8 Å². The minimum atomic E-state index is -0.258. The Bertz CT molecular complexity index is 798. The van der Waals surface area contributed by atoms with Gasteiger partial charge in [-0.15, -0.1) is 0 Å². The molecule has 4 saturated carbocycles. The third-order valence-corrected chi connectivity index (χ3v) is 11.6. The van der Waals surface area contributed by atoms with Crippen molar-refractivity contribution in [2.75, 3.05) is 6.61 Å². The van der Waals surface area contributed by atoms with Crippen LogP contribution in [-0.4, -0.2) is 28.7 Å². The molecular weight excluding hydrogens is 384 g/mol. The fourth-order valence-corrected chi connectivity index (χ4v) is 10.2. The Labute approximate surface area is 189 Å². The Hall–Kier alpha value is -0.670. The Morgan fingerprint density at radius 2 is 1.61 bits per heavy atom. The molecule has 174 valence electrons. The Kier molecular flexibility index (Phi) is 5.11. The number of aliphatic hydroxyl groups excluding tert-OH is 2. The fourth-order valence-electron chi connectivity index (χ4n) is 10.2. The summed E-state index contributed by atoms with van der Waals surface area (Å²) in [6.45, 7) is 11.9. The number of fused-ring (bicyclic) bond motifs is 7. The summed E-state index contributed by atoms with van der Waals surface area (Å²) in [6.07, 6.45) is 9.64. The molecule has 3 heteroatoms. The Morgan fingerprint density at radius 3 is 2.29 bits per heavy atom. The number of carbonyl (C=O) groups excluding carboxylic acids is 1. The van der Waals surface area contributed by atoms with Crippen molar-refractivity contribution in [2.24, 2.45) is 51.8 Å². The predicted octanol–water partition coefficient (Wildman–Crippen LogP) is 5.54. The van der Waals surface area contributed by atoms with E-state index in [0.29, 0.717) is 46.7 Å². The van der Waals surface area contributed by atoms with E-state index in [1.54, 1.807) is 0 Å². The molecule has 9 unspecified atom stereocenters. The van der Waals surface area contributed by atoms with E-state index in [1.165, 1.54) is 44.1 Å². The summed E-state index contributed by atoms with van der Waals surface area (Å²) < 4.78 is 0. The van der Waals surface area contributed by atoms with Gasteiger partial charge in [-0.25, -0.2) is 0 Å². The quantitative estimate of drug-likeness (QED) is 0.607. The largest absolute Gasteiger partial charge is 0.395 e. The average Bonchev–Trinajstić information content (AvgIpc) is 3.03. The summed E-state index contributed by atoms with van der Waals surface area (Å²) in [5.74, 6) is 3.48. The second-order valence-corrected chi connectivity index (χ2v) is 13.0. The van der Waals surface area contributed by atoms with Gasteiger partial charge in [-0.2, -0.15) is 0 Å². The zero-order valence-corrected chi connectivity index (χ0v) is 20.4. The molecule has 0 aromatic heterocycles. The first-order valence-electron chi connectivity index (χ1n) is 13.2. The molecule has 4 fully saturated rings. The minimum Gasteiger partial charge on any atom is -0.395 e. The van der Waals surface area contributed by atoms with E-state index in [1.807, 2.05) is 0 Å². The van der Waals surface area contributed by atoms with Crippen LogP contribution in [0.2, 0.25) is 0 Å². The maximum Gasteiger partial charge on any atom is 0.160 e. The third-order valence-electron chi connectivity index (χ3n) is 11.6. The molecule has 5 rings (SSSR count). The summed E-state index contributed by atoms with van der Waals surface area (Å²) in [5.41, 5.74) is 2.87. The zero-order valence-electron chi connectivity index (χ0n) is 20.4. The van der Waals surface area contributed by atoms with Gasteiger partial charge in [0.15, 0.2) is 5.78 Å². The number of Topliss-reactive ketones (excluding diaryl/α,β-unsaturated/α-hetero) is 1. The number of allylic oxidation sites excluding steroid dienone is 1. The molecule has 2 N–H and O–H groups in total. The van der Waals surface area contributed by atoms with Crippen molar-refractivity contribution in [1.82, 2.24) is 0 Å². The third kappa shape index (κ3) is 2.81. The second-order valence-electron chi connectivity index (χ2n) is 13.0. The molecule has 5 aliphatic rings. The Morgan fingerprint density at radius 1 is 0.968 bits per heavy atom. The number of rotatable bonds is 2. The lowest BCUT2D eigenvalue weighted by molar-refractivity contribution is -0.179. The van der Waals surface area contributed by atoms with Crippen LogP contribution < -0.4 is 0 Å². The predicted molar refractivity (Wildman–Crippen MR) is 123 cm³/mol. The van der Waals surface area contributed by atoms with Crippen molar-refractivity contribution in [2.45, 2.75) is 98.5 Å². The van der Waals surface area contributed by atoms with Gasteiger partial charge >= 0.3 is 0 Å². The molecule has 0 aliphatic heterocycles. The van der Waals surface area contributed by atoms with Gasteiger partial charge in [0.1, 0.15) is 0 Å². The molecular formula is C28H44O3. The van der Waals surface area contributed by atoms with E-state index < -0.39 is 0 Å². The molecule has 0 heterocycles. The van der Waals surface area contributed by atoms with E-state index in [4.69, 9.17) is 0 Å². The SMILES string of the molecule is CC(C)C1=C2C3CCC4C(C)(CCC5C(C)C(O)CCC54C)C3CCC2(CO)CC1=O. The number of carbonyl (C=O) groups is 1. The molecule has 0 bridgehead atoms. The minimum absolute atomic E-state index is 0.123. The lowest BCUT2D eigenvalue weighted by Crippen LogP contribution is -2.60. The van der Waals surface area contributed by atoms with Gasteiger partial charge in [-0.05, 0) is 103 Å². The first kappa shape index (κ1) is 22.1. The van der Waals surface area contributed by atoms with Gasteiger partial charge in [-0.1, -0.05) is 40.2 Å². The van der Waals surface area contributed by atoms with E-state index in [9.17, 15) is 15.0 Å². The van der Waals surface area contributed by atoms with Crippen molar-refractivity contribution in [1.29, 1.82) is 0 Å². The molecule has 0 aromatic rings. The molecule has 0 radical (unpaired) electrons. The standard InChI is InChI=1S/C28H44O3/c1-16(2)24-22(31)14-28(15-29)13-9-20-18(25(24)28)6-7-23-26(4)12-10-21(30)17(3)19(26)8-11-27(20,23)5/h16-21,23,29-30H,6-15H2,1-5H3. The summed E-state index contributed by atoms with van der Waals surface area (Å²) in [5, 5.41) is 21.1. The molecule has 3 nitrogen and oxygen atoms in total. The summed E-state index contributed by atoms with van der Waals surface area (Å²) in [4.78, 5) is 13.1. The van der Waals surface area contributed by atoms with E-state index in [0.717, 1.165) is 24.3 Å². The van der Waals surface area contributed by atoms with E-state index >= 15 is 0 Å². The Balaban J connectivity index is 1.55. The van der Waals surface area contributed by atoms with Crippen molar-refractivity contribution in [3.05, 3.63) is 11.1 Å². The number of ketones is 1. The maximum absolute atomic E-state index is 13.1. The molecule has 0 aromatic carbocycles. The normalized spacial score (nSPS) is 51.9. The van der Waals surface area contributed by atoms with Crippen LogP contribution in [-0.2, 0) is 4.79 Å². The molecule has 0 spiro atoms. The van der Waals surface area contributed by atoms with Crippen LogP contribution >= 0.6 is 0 Å². The summed E-state index contributed by atoms with van der Waals surface area (Å²) >= 11 is 0. The van der Waals surface area contributed by atoms with Crippen LogP contribution in [0.4, 0.5) is 0 Å². The van der Waals surface area contributed by atoms with Crippen molar-refractivity contribution >= 4 is 5.78 Å². The highest BCUT2D eigenvalue weighted by molar-refractivity contribution is 6.00. The highest BCUT2D eigenvalue weighted by Gasteiger charge is 2.64. The highest BCUT2D eigenvalue weighted by Crippen LogP contribution is 2.71. The van der Waals surface area contributed by atoms with Crippen LogP contribution in [0.25, 0.3) is 0 Å². The van der Waals surface area contributed by atoms with E-state index in [2.05, 4.69) is 34.6 Å². The number of aliphatic hydroxyl groups is 2. The second kappa shape index (κ2) is 7.16. The highest BCUT2D eigenvalue weighted by atomic mass is 16.3. The monoisotopic (exact) mass is 428 g/mol. The van der Waals surface area contributed by atoms with Gasteiger partial charge in [0.2, 0.25) is 0 Å². The van der Waals surface area contributed by atoms with Gasteiger partial charge in [0, 0.05) is 11.8 Å². The molecule has 31 heavy (non-hydrogen) atoms. The average molecular weight is 429 g/mol. The van der Waals surface area contributed by atoms with Crippen LogP contribution in [0.3, 0.4) is 0 Å². The topological polar surface area (TPSA) is 57.5 Å². The molecule has 5 aliphatic carbocycles. The zero-order chi connectivity index (χ0) is 22.3. The summed E-state index contributed by atoms with van der Waals surface area (Å²) in [7, 11) is 0. The smallest absolute Gasteiger partial charge is 0.160 e. The fraction of sp³-hybridized carbons (Fsp3) is 0.893. The van der Waals surface area contributed by atoms with Crippen LogP contribution in [0.15, 0.2) is 11.1 Å². The maximum atomic E-state index is 13.1. The van der Waals surface area contributed by atoms with Gasteiger partial charge in [-0.3, -0.25) is 4.79 Å². The van der Waals surface area contributed by atoms with Gasteiger partial charge in [0.05, 0.1) is 12.7 Å². The first-order valence-corrected chi connectivity index (χ1v) is 13.2. The van der Waals surface area contributed by atoms with Crippen molar-refractivity contribution in [3.8, 4) is 0 Å². The van der Waals surface area contributed by atoms with Gasteiger partial charge < -0.3 is 10.2 Å². The van der Waals surface area contributed by atoms with Crippen molar-refractivity contribution < 1.29 is 15.0 Å². The summed E-state index contributed by atoms with van der Waals surface area (Å²) in [6, 6.07) is 0. The first-order chi connectivity index (χ1) is 14.6. The molecule has 0 saturated heterocycles. The lowest BCUT2D eigenvalue weighted by Gasteiger charge is -2.67. The van der Waals surface area contributed by atoms with Crippen LogP contribution in [0.5, 0.6) is 0 Å². The molecule has 0 amide bonds. The van der Waals surface area contributed by atoms with Crippen molar-refractivity contribution in [3.63, 3.8) is 0 Å².